The van der Waals surface area contributed by atoms with Crippen molar-refractivity contribution < 1.29 is 30.2 Å². The van der Waals surface area contributed by atoms with Gasteiger partial charge in [0, 0.05) is 72.5 Å². The van der Waals surface area contributed by atoms with Crippen LogP contribution >= 0.6 is 0 Å². The van der Waals surface area contributed by atoms with E-state index in [0.717, 1.165) is 78.2 Å². The summed E-state index contributed by atoms with van der Waals surface area (Å²) in [6.07, 6.45) is 14.3. The molecule has 5 nitrogen and oxygen atoms in total. The number of hydrogen-bond acceptors (Lipinski definition) is 4. The van der Waals surface area contributed by atoms with Crippen LogP contribution in [-0.2, 0) is 31.9 Å². The molecule has 0 saturated heterocycles. The average Bonchev–Trinajstić information content (AvgIpc) is 2.09. The number of anilines is 4. The molecule has 3 heterocycles. The van der Waals surface area contributed by atoms with Crippen molar-refractivity contribution in [2.45, 2.75) is 168 Å². The average molecular weight is 1330 g/mol. The molecule has 0 bridgehead atoms. The minimum atomic E-state index is -0.258. The predicted molar refractivity (Wildman–Crippen MR) is 358 cm³/mol. The van der Waals surface area contributed by atoms with Crippen LogP contribution in [0, 0.1) is 24.6 Å². The molecule has 10 aromatic rings. The number of hydrogen-bond donors (Lipinski definition) is 0. The van der Waals surface area contributed by atoms with E-state index in [4.69, 9.17) is 9.72 Å². The minimum Gasteiger partial charge on any atom is -0.509 e. The van der Waals surface area contributed by atoms with Crippen molar-refractivity contribution in [3.05, 3.63) is 222 Å². The van der Waals surface area contributed by atoms with Gasteiger partial charge in [-0.15, -0.1) is 53.6 Å². The minimum absolute atomic E-state index is 0. The molecule has 0 N–H and O–H groups in total. The number of rotatable bonds is 12. The fourth-order valence-electron chi connectivity index (χ4n) is 14.0. The van der Waals surface area contributed by atoms with Gasteiger partial charge in [-0.25, -0.2) is 9.37 Å². The van der Waals surface area contributed by atoms with Gasteiger partial charge < -0.3 is 19.1 Å². The first kappa shape index (κ1) is 60.0. The fraction of sp³-hybridized carbons (Fsp3) is 0.325. The molecule has 0 atom stereocenters. The zero-order valence-electron chi connectivity index (χ0n) is 52.4. The normalized spacial score (nSPS) is 15.2. The molecule has 0 radical (unpaired) electrons. The third-order valence-corrected chi connectivity index (χ3v) is 18.8. The quantitative estimate of drug-likeness (QED) is 0.114. The largest absolute Gasteiger partial charge is 0.509 e. The summed E-state index contributed by atoms with van der Waals surface area (Å²) in [5.41, 5.74) is 20.4. The van der Waals surface area contributed by atoms with Gasteiger partial charge in [0.2, 0.25) is 0 Å². The Morgan fingerprint density at radius 1 is 0.540 bits per heavy atom. The Morgan fingerprint density at radius 2 is 1.14 bits per heavy atom. The van der Waals surface area contributed by atoms with Crippen molar-refractivity contribution in [3.8, 4) is 50.7 Å². The van der Waals surface area contributed by atoms with Crippen LogP contribution in [0.15, 0.2) is 164 Å². The number of nitrogens with zero attached hydrogens (tertiary/aromatic N) is 4. The van der Waals surface area contributed by atoms with Gasteiger partial charge in [0.15, 0.2) is 0 Å². The van der Waals surface area contributed by atoms with Gasteiger partial charge in [-0.1, -0.05) is 192 Å². The van der Waals surface area contributed by atoms with E-state index in [1.54, 1.807) is 12.1 Å². The SMILES string of the molecule is CC(C)c1cc(-c2cc(C(C)(C)C)cc(-c3ccc(F)cc3)c2N2[CH-]N(c3[c-]c(Oc4[c-]c5c(cc4)c4ccccc4n5-c4cc(C(C)(C)C)ccn4)cc(-c4c(C5CCCCC5)cccc4C4CCCCC4)c3)c3ccccc32)cc(C(C)C)c1.[Pt]. The van der Waals surface area contributed by atoms with Crippen molar-refractivity contribution in [2.24, 2.45) is 0 Å². The molecule has 0 amide bonds. The van der Waals surface area contributed by atoms with Crippen LogP contribution in [0.2, 0.25) is 0 Å². The van der Waals surface area contributed by atoms with E-state index < -0.39 is 0 Å². The Balaban J connectivity index is 0.00000739. The van der Waals surface area contributed by atoms with Crippen molar-refractivity contribution in [2.75, 3.05) is 9.80 Å². The van der Waals surface area contributed by atoms with Gasteiger partial charge >= 0.3 is 0 Å². The maximum Gasteiger partial charge on any atom is 0.135 e. The van der Waals surface area contributed by atoms with Gasteiger partial charge in [-0.3, -0.25) is 0 Å². The zero-order chi connectivity index (χ0) is 59.6. The van der Waals surface area contributed by atoms with Crippen LogP contribution in [-0.4, -0.2) is 9.55 Å². The van der Waals surface area contributed by atoms with E-state index in [0.29, 0.717) is 35.2 Å². The molecule has 2 aromatic heterocycles. The second kappa shape index (κ2) is 24.4. The summed E-state index contributed by atoms with van der Waals surface area (Å²) in [4.78, 5) is 9.72. The summed E-state index contributed by atoms with van der Waals surface area (Å²) >= 11 is 0. The fourth-order valence-corrected chi connectivity index (χ4v) is 14.0. The number of benzene rings is 8. The van der Waals surface area contributed by atoms with Crippen LogP contribution in [0.1, 0.15) is 190 Å². The molecule has 2 aliphatic carbocycles. The van der Waals surface area contributed by atoms with E-state index in [2.05, 4.69) is 236 Å². The topological polar surface area (TPSA) is 33.5 Å². The summed E-state index contributed by atoms with van der Waals surface area (Å²) in [5, 5.41) is 2.22. The molecule has 0 spiro atoms. The second-order valence-electron chi connectivity index (χ2n) is 27.5. The molecule has 448 valence electrons. The molecule has 0 unspecified atom stereocenters. The Kier molecular flexibility index (Phi) is 16.8. The van der Waals surface area contributed by atoms with Gasteiger partial charge in [-0.05, 0) is 170 Å². The third kappa shape index (κ3) is 11.9. The van der Waals surface area contributed by atoms with Crippen LogP contribution in [0.25, 0.3) is 61.0 Å². The molecule has 2 fully saturated rings. The molecular weight excluding hydrogens is 1250 g/mol. The molecule has 87 heavy (non-hydrogen) atoms. The standard InChI is InChI=1S/C80H82FN4O.Pt/c1-51(2)56-40-57(52(3)4)42-58(41-56)71-46-61(80(8,9)10)45-70(55-32-34-62(81)35-33-55)78(71)84-50-83(73-30-19-20-31-74(73)84)63-43-59(77-66(53-22-13-11-14-23-53)27-21-28-67(77)54-24-15-12-16-25-54)44-65(48-63)86-64-36-37-69-68-26-17-18-29-72(68)85(75(69)49-64)76-47-60(38-39-82-76)79(5,6)7;/h17-21,26-47,50-54H,11-16,22-25H2,1-10H3;/q-3;. The van der Waals surface area contributed by atoms with Gasteiger partial charge in [0.05, 0.1) is 0 Å². The number of para-hydroxylation sites is 3. The number of aromatic nitrogens is 2. The smallest absolute Gasteiger partial charge is 0.135 e. The summed E-state index contributed by atoms with van der Waals surface area (Å²) in [6.45, 7) is 25.0. The molecule has 13 rings (SSSR count). The summed E-state index contributed by atoms with van der Waals surface area (Å²) in [5.74, 6) is 3.40. The predicted octanol–water partition coefficient (Wildman–Crippen LogP) is 23.1. The van der Waals surface area contributed by atoms with E-state index in [-0.39, 0.29) is 37.7 Å². The molecule has 7 heteroatoms. The third-order valence-electron chi connectivity index (χ3n) is 18.8. The number of halogens is 1. The van der Waals surface area contributed by atoms with Crippen molar-refractivity contribution >= 4 is 44.6 Å². The molecular formula is C80H82FN4OPt-3. The monoisotopic (exact) mass is 1330 g/mol. The zero-order valence-corrected chi connectivity index (χ0v) is 54.7. The molecule has 2 saturated carbocycles. The number of ether oxygens (including phenoxy) is 1. The molecule has 1 aliphatic heterocycles. The van der Waals surface area contributed by atoms with E-state index in [1.165, 1.54) is 103 Å². The van der Waals surface area contributed by atoms with Crippen LogP contribution in [0.5, 0.6) is 11.5 Å². The number of pyridine rings is 1. The second-order valence-corrected chi connectivity index (χ2v) is 27.5. The van der Waals surface area contributed by atoms with Crippen molar-refractivity contribution in [1.82, 2.24) is 9.55 Å². The van der Waals surface area contributed by atoms with Crippen LogP contribution < -0.4 is 14.5 Å². The first-order valence-electron chi connectivity index (χ1n) is 31.9. The molecule has 8 aromatic carbocycles. The Morgan fingerprint density at radius 3 is 1.76 bits per heavy atom. The Bertz CT molecular complexity index is 4090. The van der Waals surface area contributed by atoms with E-state index in [9.17, 15) is 0 Å². The van der Waals surface area contributed by atoms with E-state index >= 15 is 4.39 Å². The van der Waals surface area contributed by atoms with Gasteiger partial charge in [0.1, 0.15) is 11.6 Å². The number of fused-ring (bicyclic) bond motifs is 4. The summed E-state index contributed by atoms with van der Waals surface area (Å²) in [7, 11) is 0. The Hall–Kier alpha value is -7.27. The van der Waals surface area contributed by atoms with Gasteiger partial charge in [0.25, 0.3) is 0 Å². The Labute approximate surface area is 531 Å². The first-order valence-corrected chi connectivity index (χ1v) is 31.9. The maximum atomic E-state index is 15.1. The van der Waals surface area contributed by atoms with E-state index in [1.807, 2.05) is 18.3 Å². The van der Waals surface area contributed by atoms with Gasteiger partial charge in [-0.2, -0.15) is 6.07 Å². The van der Waals surface area contributed by atoms with Crippen LogP contribution in [0.4, 0.5) is 27.1 Å². The molecule has 3 aliphatic rings. The summed E-state index contributed by atoms with van der Waals surface area (Å²) in [6, 6.07) is 64.6. The maximum absolute atomic E-state index is 15.1. The van der Waals surface area contributed by atoms with Crippen LogP contribution in [0.3, 0.4) is 0 Å². The van der Waals surface area contributed by atoms with Crippen molar-refractivity contribution in [3.63, 3.8) is 0 Å². The first-order chi connectivity index (χ1) is 41.4. The van der Waals surface area contributed by atoms with Crippen molar-refractivity contribution in [1.29, 1.82) is 0 Å². The summed E-state index contributed by atoms with van der Waals surface area (Å²) < 4.78 is 24.7.